The van der Waals surface area contributed by atoms with Crippen LogP contribution < -0.4 is 11.1 Å². The molecule has 0 aliphatic carbocycles. The van der Waals surface area contributed by atoms with Gasteiger partial charge in [-0.05, 0) is 0 Å². The number of hydrogen-bond donors (Lipinski definition) is 3. The van der Waals surface area contributed by atoms with Crippen molar-refractivity contribution in [3.8, 4) is 0 Å². The lowest BCUT2D eigenvalue weighted by Crippen LogP contribution is -2.57. The van der Waals surface area contributed by atoms with Gasteiger partial charge in [0.15, 0.2) is 11.9 Å². The van der Waals surface area contributed by atoms with Crippen molar-refractivity contribution in [1.29, 1.82) is 0 Å². The Morgan fingerprint density at radius 2 is 2.17 bits per heavy atom. The molecule has 0 aromatic rings. The van der Waals surface area contributed by atoms with Gasteiger partial charge in [0.25, 0.3) is 0 Å². The average Bonchev–Trinajstić information content (AvgIpc) is 1.83. The van der Waals surface area contributed by atoms with Crippen LogP contribution in [0.3, 0.4) is 0 Å². The van der Waals surface area contributed by atoms with E-state index >= 15 is 0 Å². The summed E-state index contributed by atoms with van der Waals surface area (Å²) in [6, 6.07) is 0. The van der Waals surface area contributed by atoms with Crippen LogP contribution in [-0.4, -0.2) is 28.9 Å². The Hall–Kier alpha value is -1.43. The van der Waals surface area contributed by atoms with E-state index in [1.807, 2.05) is 5.32 Å². The van der Waals surface area contributed by atoms with E-state index in [9.17, 15) is 14.4 Å². The largest absolute Gasteiger partial charge is 0.481 e. The standard InChI is InChI=1S/C6H10N2O4/c1-4(10)8-6(7,3-9)2-5(11)12/h3H,2,7H2,1H3,(H,8,10)(H,11,12)/t6-/m1/s1. The van der Waals surface area contributed by atoms with Crippen LogP contribution in [-0.2, 0) is 14.4 Å². The molecule has 0 aliphatic heterocycles. The number of rotatable bonds is 4. The lowest BCUT2D eigenvalue weighted by atomic mass is 10.1. The summed E-state index contributed by atoms with van der Waals surface area (Å²) in [7, 11) is 0. The minimum absolute atomic E-state index is 0.197. The molecule has 1 amide bonds. The Morgan fingerprint density at radius 1 is 1.67 bits per heavy atom. The topological polar surface area (TPSA) is 109 Å². The second-order valence-electron chi connectivity index (χ2n) is 2.41. The highest BCUT2D eigenvalue weighted by Gasteiger charge is 2.28. The first-order valence-electron chi connectivity index (χ1n) is 3.15. The summed E-state index contributed by atoms with van der Waals surface area (Å²) in [6.07, 6.45) is -0.432. The average molecular weight is 174 g/mol. The molecular formula is C6H10N2O4. The van der Waals surface area contributed by atoms with Crippen LogP contribution in [0, 0.1) is 0 Å². The molecule has 4 N–H and O–H groups in total. The maximum absolute atomic E-state index is 10.5. The number of aliphatic carboxylic acids is 1. The molecule has 0 fully saturated rings. The fourth-order valence-corrected chi connectivity index (χ4v) is 0.693. The summed E-state index contributed by atoms with van der Waals surface area (Å²) in [4.78, 5) is 30.9. The minimum Gasteiger partial charge on any atom is -0.481 e. The van der Waals surface area contributed by atoms with Crippen LogP contribution >= 0.6 is 0 Å². The Balaban J connectivity index is 4.33. The van der Waals surface area contributed by atoms with Crippen molar-refractivity contribution in [1.82, 2.24) is 5.32 Å². The number of aldehydes is 1. The molecule has 0 saturated heterocycles. The molecule has 0 heterocycles. The van der Waals surface area contributed by atoms with Gasteiger partial charge in [0.1, 0.15) is 0 Å². The van der Waals surface area contributed by atoms with E-state index in [1.165, 1.54) is 0 Å². The predicted octanol–water partition coefficient (Wildman–Crippen LogP) is -1.55. The van der Waals surface area contributed by atoms with Gasteiger partial charge in [0, 0.05) is 6.92 Å². The maximum Gasteiger partial charge on any atom is 0.307 e. The van der Waals surface area contributed by atoms with Crippen molar-refractivity contribution in [2.45, 2.75) is 19.0 Å². The highest BCUT2D eigenvalue weighted by atomic mass is 16.4. The van der Waals surface area contributed by atoms with Gasteiger partial charge in [0.05, 0.1) is 6.42 Å². The van der Waals surface area contributed by atoms with Crippen molar-refractivity contribution in [2.75, 3.05) is 0 Å². The quantitative estimate of drug-likeness (QED) is 0.353. The van der Waals surface area contributed by atoms with Gasteiger partial charge in [-0.3, -0.25) is 14.4 Å². The second-order valence-corrected chi connectivity index (χ2v) is 2.41. The molecule has 0 unspecified atom stereocenters. The van der Waals surface area contributed by atoms with Gasteiger partial charge in [-0.1, -0.05) is 0 Å². The van der Waals surface area contributed by atoms with Gasteiger partial charge in [-0.15, -0.1) is 0 Å². The second kappa shape index (κ2) is 3.82. The van der Waals surface area contributed by atoms with Crippen LogP contribution in [0.5, 0.6) is 0 Å². The first kappa shape index (κ1) is 10.6. The molecule has 6 heteroatoms. The molecule has 0 aromatic carbocycles. The number of carboxylic acid groups (broad SMARTS) is 1. The summed E-state index contributed by atoms with van der Waals surface area (Å²) in [6.45, 7) is 1.15. The molecule has 6 nitrogen and oxygen atoms in total. The normalized spacial score (nSPS) is 14.5. The molecule has 68 valence electrons. The van der Waals surface area contributed by atoms with Crippen molar-refractivity contribution >= 4 is 18.2 Å². The number of nitrogens with two attached hydrogens (primary N) is 1. The SMILES string of the molecule is CC(=O)N[C@@](N)(C=O)CC(=O)O. The highest BCUT2D eigenvalue weighted by molar-refractivity contribution is 5.83. The monoisotopic (exact) mass is 174 g/mol. The fraction of sp³-hybridized carbons (Fsp3) is 0.500. The summed E-state index contributed by atoms with van der Waals surface area (Å²) >= 11 is 0. The van der Waals surface area contributed by atoms with Crippen molar-refractivity contribution in [2.24, 2.45) is 5.73 Å². The maximum atomic E-state index is 10.5. The number of amides is 1. The molecule has 0 aromatic heterocycles. The van der Waals surface area contributed by atoms with E-state index in [0.29, 0.717) is 0 Å². The van der Waals surface area contributed by atoms with E-state index in [0.717, 1.165) is 6.92 Å². The zero-order valence-corrected chi connectivity index (χ0v) is 6.53. The third kappa shape index (κ3) is 3.67. The molecule has 0 bridgehead atoms. The minimum atomic E-state index is -1.79. The highest BCUT2D eigenvalue weighted by Crippen LogP contribution is 1.97. The smallest absolute Gasteiger partial charge is 0.307 e. The van der Waals surface area contributed by atoms with Crippen molar-refractivity contribution < 1.29 is 19.5 Å². The van der Waals surface area contributed by atoms with Gasteiger partial charge < -0.3 is 16.2 Å². The van der Waals surface area contributed by atoms with Crippen LogP contribution in [0.2, 0.25) is 0 Å². The van der Waals surface area contributed by atoms with Crippen LogP contribution in [0.15, 0.2) is 0 Å². The zero-order valence-electron chi connectivity index (χ0n) is 6.53. The molecule has 0 saturated carbocycles. The molecule has 0 aliphatic rings. The van der Waals surface area contributed by atoms with Crippen LogP contribution in [0.25, 0.3) is 0 Å². The first-order valence-corrected chi connectivity index (χ1v) is 3.15. The summed E-state index contributed by atoms with van der Waals surface area (Å²) in [5.74, 6) is -1.80. The third-order valence-electron chi connectivity index (χ3n) is 1.06. The van der Waals surface area contributed by atoms with Gasteiger partial charge in [-0.2, -0.15) is 0 Å². The van der Waals surface area contributed by atoms with Gasteiger partial charge in [-0.25, -0.2) is 0 Å². The van der Waals surface area contributed by atoms with Gasteiger partial charge in [0.2, 0.25) is 5.91 Å². The lowest BCUT2D eigenvalue weighted by Gasteiger charge is -2.21. The molecule has 0 radical (unpaired) electrons. The predicted molar refractivity (Wildman–Crippen MR) is 39.1 cm³/mol. The molecule has 12 heavy (non-hydrogen) atoms. The number of hydrogen-bond acceptors (Lipinski definition) is 4. The summed E-state index contributed by atoms with van der Waals surface area (Å²) in [5.41, 5.74) is 3.42. The number of carboxylic acids is 1. The number of carbonyl (C=O) groups is 3. The van der Waals surface area contributed by atoms with Crippen LogP contribution in [0.4, 0.5) is 0 Å². The zero-order chi connectivity index (χ0) is 9.78. The Morgan fingerprint density at radius 3 is 2.42 bits per heavy atom. The van der Waals surface area contributed by atoms with E-state index in [2.05, 4.69) is 0 Å². The Bertz CT molecular complexity index is 198. The summed E-state index contributed by atoms with van der Waals surface area (Å²) in [5, 5.41) is 10.3. The van der Waals surface area contributed by atoms with E-state index in [4.69, 9.17) is 10.8 Å². The molecule has 0 spiro atoms. The third-order valence-corrected chi connectivity index (χ3v) is 1.06. The van der Waals surface area contributed by atoms with Crippen molar-refractivity contribution in [3.63, 3.8) is 0 Å². The lowest BCUT2D eigenvalue weighted by molar-refractivity contribution is -0.140. The molecular weight excluding hydrogens is 164 g/mol. The number of carbonyl (C=O) groups excluding carboxylic acids is 2. The molecule has 0 rings (SSSR count). The van der Waals surface area contributed by atoms with Crippen LogP contribution in [0.1, 0.15) is 13.3 Å². The number of nitrogens with one attached hydrogen (secondary N) is 1. The van der Waals surface area contributed by atoms with Crippen molar-refractivity contribution in [3.05, 3.63) is 0 Å². The Kier molecular flexibility index (Phi) is 3.36. The van der Waals surface area contributed by atoms with Gasteiger partial charge >= 0.3 is 5.97 Å². The van der Waals surface area contributed by atoms with E-state index < -0.39 is 24.0 Å². The molecule has 1 atom stereocenters. The fourth-order valence-electron chi connectivity index (χ4n) is 0.693. The van der Waals surface area contributed by atoms with E-state index in [1.54, 1.807) is 0 Å². The van der Waals surface area contributed by atoms with E-state index in [-0.39, 0.29) is 6.29 Å². The first-order chi connectivity index (χ1) is 5.39. The Labute approximate surface area is 68.7 Å². The summed E-state index contributed by atoms with van der Waals surface area (Å²) < 4.78 is 0.